The number of oxazole rings is 2. The van der Waals surface area contributed by atoms with Gasteiger partial charge in [-0.3, -0.25) is 24.1 Å². The van der Waals surface area contributed by atoms with E-state index in [0.717, 1.165) is 11.2 Å². The molecule has 48 heavy (non-hydrogen) atoms. The number of imide groups is 1. The van der Waals surface area contributed by atoms with Crippen LogP contribution in [0, 0.1) is 6.92 Å². The fourth-order valence-electron chi connectivity index (χ4n) is 5.08. The van der Waals surface area contributed by atoms with Gasteiger partial charge in [0.1, 0.15) is 29.7 Å². The van der Waals surface area contributed by atoms with Crippen LogP contribution in [0.4, 0.5) is 0 Å². The first kappa shape index (κ1) is 33.8. The number of aryl methyl sites for hydroxylation is 1. The van der Waals surface area contributed by atoms with E-state index in [4.69, 9.17) is 13.6 Å². The zero-order chi connectivity index (χ0) is 34.4. The summed E-state index contributed by atoms with van der Waals surface area (Å²) in [5, 5.41) is 19.9. The Bertz CT molecular complexity index is 1810. The van der Waals surface area contributed by atoms with Crippen molar-refractivity contribution in [2.45, 2.75) is 38.0 Å². The number of carbonyl (C=O) groups is 5. The summed E-state index contributed by atoms with van der Waals surface area (Å²) in [6.45, 7) is 0.795. The number of esters is 1. The molecule has 1 aromatic carbocycles. The third-order valence-electron chi connectivity index (χ3n) is 7.60. The number of hydrogen-bond donors (Lipinski definition) is 2. The van der Waals surface area contributed by atoms with Gasteiger partial charge in [-0.1, -0.05) is 12.1 Å². The molecule has 4 aromatic rings. The third kappa shape index (κ3) is 7.37. The Kier molecular flexibility index (Phi) is 10.5. The van der Waals surface area contributed by atoms with E-state index in [2.05, 4.69) is 19.7 Å². The SMILES string of the molecule is COC(=O)c1coc(C(CO)CC(=O)c2cc(OCCCN3C(=O)c4ccccc4C3=O)cc(C(=O)CC(CO)c3nc(C)co3)n2)n1. The molecule has 15 heteroatoms. The van der Waals surface area contributed by atoms with Crippen molar-refractivity contribution in [2.75, 3.05) is 33.5 Å². The number of rotatable bonds is 16. The molecule has 1 aliphatic rings. The number of ketones is 2. The van der Waals surface area contributed by atoms with Crippen LogP contribution in [0.3, 0.4) is 0 Å². The molecule has 0 aliphatic carbocycles. The number of aliphatic hydroxyl groups is 2. The molecule has 0 spiro atoms. The highest BCUT2D eigenvalue weighted by Crippen LogP contribution is 2.26. The lowest BCUT2D eigenvalue weighted by atomic mass is 9.99. The number of fused-ring (bicyclic) bond motifs is 1. The van der Waals surface area contributed by atoms with Crippen molar-refractivity contribution in [3.05, 3.63) is 94.6 Å². The summed E-state index contributed by atoms with van der Waals surface area (Å²) < 4.78 is 21.1. The molecule has 3 aromatic heterocycles. The molecule has 250 valence electrons. The number of benzene rings is 1. The van der Waals surface area contributed by atoms with Gasteiger partial charge in [0.25, 0.3) is 11.8 Å². The Morgan fingerprint density at radius 2 is 1.40 bits per heavy atom. The van der Waals surface area contributed by atoms with E-state index in [1.165, 1.54) is 25.5 Å². The number of aliphatic hydroxyl groups excluding tert-OH is 2. The number of aromatic nitrogens is 3. The first-order valence-corrected chi connectivity index (χ1v) is 15.0. The van der Waals surface area contributed by atoms with Gasteiger partial charge in [-0.25, -0.2) is 19.7 Å². The van der Waals surface area contributed by atoms with E-state index in [1.807, 2.05) is 0 Å². The fourth-order valence-corrected chi connectivity index (χ4v) is 5.08. The molecule has 4 heterocycles. The Labute approximate surface area is 273 Å². The second-order valence-electron chi connectivity index (χ2n) is 11.0. The fraction of sp³-hybridized carbons (Fsp3) is 0.333. The minimum Gasteiger partial charge on any atom is -0.493 e. The molecule has 1 aliphatic heterocycles. The molecular formula is C33H32N4O11. The first-order chi connectivity index (χ1) is 23.1. The van der Waals surface area contributed by atoms with Crippen molar-refractivity contribution in [3.8, 4) is 5.75 Å². The highest BCUT2D eigenvalue weighted by molar-refractivity contribution is 6.21. The average Bonchev–Trinajstić information content (AvgIpc) is 3.83. The van der Waals surface area contributed by atoms with Crippen LogP contribution in [0.1, 0.15) is 101 Å². The van der Waals surface area contributed by atoms with Crippen LogP contribution in [0.5, 0.6) is 5.75 Å². The van der Waals surface area contributed by atoms with E-state index < -0.39 is 54.4 Å². The summed E-state index contributed by atoms with van der Waals surface area (Å²) in [6.07, 6.45) is 2.10. The molecule has 2 atom stereocenters. The molecule has 2 unspecified atom stereocenters. The predicted molar refractivity (Wildman–Crippen MR) is 163 cm³/mol. The maximum atomic E-state index is 13.4. The zero-order valence-electron chi connectivity index (χ0n) is 26.1. The highest BCUT2D eigenvalue weighted by atomic mass is 16.5. The number of hydrogen-bond acceptors (Lipinski definition) is 14. The Morgan fingerprint density at radius 1 is 0.833 bits per heavy atom. The number of carbonyl (C=O) groups excluding carboxylic acids is 5. The summed E-state index contributed by atoms with van der Waals surface area (Å²) in [6, 6.07) is 9.21. The molecule has 0 bridgehead atoms. The highest BCUT2D eigenvalue weighted by Gasteiger charge is 2.34. The maximum absolute atomic E-state index is 13.4. The van der Waals surface area contributed by atoms with Gasteiger partial charge in [0.15, 0.2) is 23.2 Å². The van der Waals surface area contributed by atoms with Crippen LogP contribution in [0.15, 0.2) is 57.8 Å². The van der Waals surface area contributed by atoms with Crippen LogP contribution in [0.2, 0.25) is 0 Å². The van der Waals surface area contributed by atoms with E-state index in [9.17, 15) is 34.2 Å². The predicted octanol–water partition coefficient (Wildman–Crippen LogP) is 2.92. The van der Waals surface area contributed by atoms with Gasteiger partial charge in [-0.15, -0.1) is 0 Å². The normalized spacial score (nSPS) is 13.7. The van der Waals surface area contributed by atoms with Gasteiger partial charge in [0, 0.05) is 31.5 Å². The molecule has 5 rings (SSSR count). The lowest BCUT2D eigenvalue weighted by Crippen LogP contribution is -2.31. The van der Waals surface area contributed by atoms with E-state index in [0.29, 0.717) is 16.8 Å². The van der Waals surface area contributed by atoms with Crippen molar-refractivity contribution < 1.29 is 52.5 Å². The summed E-state index contributed by atoms with van der Waals surface area (Å²) >= 11 is 0. The van der Waals surface area contributed by atoms with Gasteiger partial charge in [-0.05, 0) is 25.5 Å². The van der Waals surface area contributed by atoms with Crippen LogP contribution < -0.4 is 4.74 Å². The number of pyridine rings is 1. The van der Waals surface area contributed by atoms with Gasteiger partial charge in [0.05, 0.1) is 55.6 Å². The number of methoxy groups -OCH3 is 1. The number of ether oxygens (including phenoxy) is 2. The molecule has 2 amide bonds. The zero-order valence-corrected chi connectivity index (χ0v) is 26.1. The number of amides is 2. The van der Waals surface area contributed by atoms with Crippen molar-refractivity contribution in [2.24, 2.45) is 0 Å². The van der Waals surface area contributed by atoms with Crippen molar-refractivity contribution in [1.29, 1.82) is 0 Å². The van der Waals surface area contributed by atoms with Gasteiger partial charge >= 0.3 is 5.97 Å². The quantitative estimate of drug-likeness (QED) is 0.0766. The van der Waals surface area contributed by atoms with Crippen LogP contribution in [0.25, 0.3) is 0 Å². The number of Topliss-reactive ketones (excluding diaryl/α,β-unsaturated/α-hetero) is 2. The van der Waals surface area contributed by atoms with Crippen LogP contribution in [-0.4, -0.2) is 92.9 Å². The topological polar surface area (TPSA) is 212 Å². The summed E-state index contributed by atoms with van der Waals surface area (Å²) in [4.78, 5) is 77.6. The van der Waals surface area contributed by atoms with Crippen molar-refractivity contribution in [3.63, 3.8) is 0 Å². The lowest BCUT2D eigenvalue weighted by Gasteiger charge is -2.15. The second-order valence-corrected chi connectivity index (χ2v) is 11.0. The summed E-state index contributed by atoms with van der Waals surface area (Å²) in [5.74, 6) is -4.21. The number of nitrogens with zero attached hydrogens (tertiary/aromatic N) is 4. The van der Waals surface area contributed by atoms with Gasteiger partial charge < -0.3 is 28.5 Å². The standard InChI is InChI=1S/C33H32N4O11/c1-18-16-47-29(34-18)19(14-38)10-27(40)24-12-21(46-9-5-8-37-31(42)22-6-3-4-7-23(22)32(37)43)13-25(35-24)28(41)11-20(15-39)30-36-26(17-48-30)33(44)45-2/h3-4,6-7,12-13,16-17,19-20,38-39H,5,8-11,14-15H2,1-2H3. The molecular weight excluding hydrogens is 628 g/mol. The van der Waals surface area contributed by atoms with Crippen molar-refractivity contribution >= 4 is 29.4 Å². The van der Waals surface area contributed by atoms with Gasteiger partial charge in [0.2, 0.25) is 5.89 Å². The maximum Gasteiger partial charge on any atom is 0.360 e. The van der Waals surface area contributed by atoms with Gasteiger partial charge in [-0.2, -0.15) is 0 Å². The molecule has 0 radical (unpaired) electrons. The second kappa shape index (κ2) is 14.9. The Balaban J connectivity index is 1.33. The molecule has 0 fully saturated rings. The minimum absolute atomic E-state index is 0.0133. The van der Waals surface area contributed by atoms with Crippen molar-refractivity contribution in [1.82, 2.24) is 19.9 Å². The van der Waals surface area contributed by atoms with E-state index in [1.54, 1.807) is 31.2 Å². The summed E-state index contributed by atoms with van der Waals surface area (Å²) in [5.41, 5.74) is 0.793. The summed E-state index contributed by atoms with van der Waals surface area (Å²) in [7, 11) is 1.17. The van der Waals surface area contributed by atoms with E-state index in [-0.39, 0.29) is 67.0 Å². The van der Waals surface area contributed by atoms with Crippen LogP contribution in [-0.2, 0) is 4.74 Å². The molecule has 2 N–H and O–H groups in total. The minimum atomic E-state index is -0.951. The molecule has 0 saturated carbocycles. The Morgan fingerprint density at radius 3 is 1.92 bits per heavy atom. The third-order valence-corrected chi connectivity index (χ3v) is 7.60. The van der Waals surface area contributed by atoms with E-state index >= 15 is 0 Å². The first-order valence-electron chi connectivity index (χ1n) is 15.0. The Hall–Kier alpha value is -5.54. The molecule has 0 saturated heterocycles. The molecule has 15 nitrogen and oxygen atoms in total. The smallest absolute Gasteiger partial charge is 0.360 e. The lowest BCUT2D eigenvalue weighted by molar-refractivity contribution is 0.0591. The largest absolute Gasteiger partial charge is 0.493 e. The van der Waals surface area contributed by atoms with Crippen LogP contribution >= 0.6 is 0 Å². The monoisotopic (exact) mass is 660 g/mol. The average molecular weight is 661 g/mol.